The van der Waals surface area contributed by atoms with Crippen molar-refractivity contribution in [2.24, 2.45) is 0 Å². The van der Waals surface area contributed by atoms with E-state index in [-0.39, 0.29) is 11.8 Å². The SMILES string of the molecule is CCc1ccc(C(=O)N2CCN(c3ccc(NC(=O)Cc4ccccc4)cc3)CC2)cc1. The van der Waals surface area contributed by atoms with Gasteiger partial charge in [0.2, 0.25) is 5.91 Å². The van der Waals surface area contributed by atoms with Gasteiger partial charge in [0, 0.05) is 43.1 Å². The molecule has 0 saturated carbocycles. The Bertz CT molecular complexity index is 1040. The predicted molar refractivity (Wildman–Crippen MR) is 129 cm³/mol. The van der Waals surface area contributed by atoms with E-state index in [1.807, 2.05) is 83.8 Å². The van der Waals surface area contributed by atoms with Crippen LogP contribution in [-0.2, 0) is 17.6 Å². The summed E-state index contributed by atoms with van der Waals surface area (Å²) >= 11 is 0. The third-order valence-electron chi connectivity index (χ3n) is 5.90. The van der Waals surface area contributed by atoms with Gasteiger partial charge in [0.05, 0.1) is 6.42 Å². The molecule has 1 aliphatic heterocycles. The molecule has 3 aromatic rings. The molecule has 5 nitrogen and oxygen atoms in total. The van der Waals surface area contributed by atoms with Crippen LogP contribution >= 0.6 is 0 Å². The number of amides is 2. The summed E-state index contributed by atoms with van der Waals surface area (Å²) in [6.07, 6.45) is 1.34. The Morgan fingerprint density at radius 2 is 1.44 bits per heavy atom. The molecular weight excluding hydrogens is 398 g/mol. The Kier molecular flexibility index (Phi) is 6.85. The minimum atomic E-state index is -0.0250. The van der Waals surface area contributed by atoms with E-state index < -0.39 is 0 Å². The Labute approximate surface area is 189 Å². The monoisotopic (exact) mass is 427 g/mol. The van der Waals surface area contributed by atoms with E-state index in [4.69, 9.17) is 0 Å². The Morgan fingerprint density at radius 1 is 0.781 bits per heavy atom. The first kappa shape index (κ1) is 21.6. The van der Waals surface area contributed by atoms with Crippen molar-refractivity contribution >= 4 is 23.2 Å². The van der Waals surface area contributed by atoms with Gasteiger partial charge in [-0.25, -0.2) is 0 Å². The zero-order valence-corrected chi connectivity index (χ0v) is 18.5. The van der Waals surface area contributed by atoms with E-state index in [9.17, 15) is 9.59 Å². The molecule has 1 heterocycles. The van der Waals surface area contributed by atoms with Gasteiger partial charge in [0.25, 0.3) is 5.91 Å². The van der Waals surface area contributed by atoms with E-state index >= 15 is 0 Å². The molecule has 164 valence electrons. The maximum atomic E-state index is 12.8. The first-order valence-corrected chi connectivity index (χ1v) is 11.2. The standard InChI is InChI=1S/C27H29N3O2/c1-2-21-8-10-23(11-9-21)27(32)30-18-16-29(17-19-30)25-14-12-24(13-15-25)28-26(31)20-22-6-4-3-5-7-22/h3-15H,2,16-20H2,1H3,(H,28,31). The lowest BCUT2D eigenvalue weighted by Crippen LogP contribution is -2.48. The van der Waals surface area contributed by atoms with Gasteiger partial charge in [0.1, 0.15) is 0 Å². The van der Waals surface area contributed by atoms with Crippen LogP contribution < -0.4 is 10.2 Å². The van der Waals surface area contributed by atoms with Crippen molar-refractivity contribution in [3.8, 4) is 0 Å². The largest absolute Gasteiger partial charge is 0.368 e. The fourth-order valence-electron chi connectivity index (χ4n) is 3.98. The molecular formula is C27H29N3O2. The van der Waals surface area contributed by atoms with Crippen molar-refractivity contribution in [1.82, 2.24) is 4.90 Å². The van der Waals surface area contributed by atoms with Crippen LogP contribution in [0.5, 0.6) is 0 Å². The van der Waals surface area contributed by atoms with Crippen molar-refractivity contribution in [2.45, 2.75) is 19.8 Å². The van der Waals surface area contributed by atoms with Gasteiger partial charge >= 0.3 is 0 Å². The Morgan fingerprint density at radius 3 is 2.06 bits per heavy atom. The summed E-state index contributed by atoms with van der Waals surface area (Å²) in [6, 6.07) is 25.6. The van der Waals surface area contributed by atoms with Crippen LogP contribution in [0.1, 0.15) is 28.4 Å². The highest BCUT2D eigenvalue weighted by molar-refractivity contribution is 5.94. The number of nitrogens with one attached hydrogen (secondary N) is 1. The van der Waals surface area contributed by atoms with E-state index in [0.717, 1.165) is 42.0 Å². The van der Waals surface area contributed by atoms with Crippen LogP contribution in [0.2, 0.25) is 0 Å². The molecule has 0 atom stereocenters. The minimum Gasteiger partial charge on any atom is -0.368 e. The quantitative estimate of drug-likeness (QED) is 0.635. The van der Waals surface area contributed by atoms with Gasteiger partial charge in [-0.3, -0.25) is 9.59 Å². The van der Waals surface area contributed by atoms with Crippen molar-refractivity contribution in [1.29, 1.82) is 0 Å². The van der Waals surface area contributed by atoms with Crippen molar-refractivity contribution in [3.05, 3.63) is 95.6 Å². The summed E-state index contributed by atoms with van der Waals surface area (Å²) in [7, 11) is 0. The second kappa shape index (κ2) is 10.1. The summed E-state index contributed by atoms with van der Waals surface area (Å²) in [5.74, 6) is 0.0758. The van der Waals surface area contributed by atoms with E-state index in [1.54, 1.807) is 0 Å². The average molecular weight is 428 g/mol. The highest BCUT2D eigenvalue weighted by Crippen LogP contribution is 2.20. The highest BCUT2D eigenvalue weighted by atomic mass is 16.2. The van der Waals surface area contributed by atoms with Crippen LogP contribution in [0.4, 0.5) is 11.4 Å². The number of piperazine rings is 1. The fourth-order valence-corrected chi connectivity index (χ4v) is 3.98. The molecule has 4 rings (SSSR count). The summed E-state index contributed by atoms with van der Waals surface area (Å²) in [6.45, 7) is 5.09. The second-order valence-corrected chi connectivity index (χ2v) is 8.09. The number of hydrogen-bond donors (Lipinski definition) is 1. The van der Waals surface area contributed by atoms with Crippen molar-refractivity contribution in [3.63, 3.8) is 0 Å². The van der Waals surface area contributed by atoms with Crippen LogP contribution in [-0.4, -0.2) is 42.9 Å². The lowest BCUT2D eigenvalue weighted by atomic mass is 10.1. The first-order valence-electron chi connectivity index (χ1n) is 11.2. The van der Waals surface area contributed by atoms with Gasteiger partial charge in [0.15, 0.2) is 0 Å². The molecule has 0 aliphatic carbocycles. The third kappa shape index (κ3) is 5.35. The topological polar surface area (TPSA) is 52.7 Å². The number of carbonyl (C=O) groups excluding carboxylic acids is 2. The maximum absolute atomic E-state index is 12.8. The second-order valence-electron chi connectivity index (χ2n) is 8.09. The number of anilines is 2. The van der Waals surface area contributed by atoms with Crippen LogP contribution in [0.15, 0.2) is 78.9 Å². The normalized spacial score (nSPS) is 13.7. The average Bonchev–Trinajstić information content (AvgIpc) is 2.85. The number of aryl methyl sites for hydroxylation is 1. The van der Waals surface area contributed by atoms with Crippen LogP contribution in [0, 0.1) is 0 Å². The summed E-state index contributed by atoms with van der Waals surface area (Å²) < 4.78 is 0. The molecule has 5 heteroatoms. The lowest BCUT2D eigenvalue weighted by Gasteiger charge is -2.36. The smallest absolute Gasteiger partial charge is 0.253 e. The molecule has 32 heavy (non-hydrogen) atoms. The Hall–Kier alpha value is -3.60. The summed E-state index contributed by atoms with van der Waals surface area (Å²) in [5, 5.41) is 2.96. The number of hydrogen-bond acceptors (Lipinski definition) is 3. The fraction of sp³-hybridized carbons (Fsp3) is 0.259. The van der Waals surface area contributed by atoms with Gasteiger partial charge in [-0.05, 0) is 53.9 Å². The molecule has 1 fully saturated rings. The lowest BCUT2D eigenvalue weighted by molar-refractivity contribution is -0.115. The number of carbonyl (C=O) groups is 2. The number of rotatable bonds is 6. The first-order chi connectivity index (χ1) is 15.6. The van der Waals surface area contributed by atoms with Crippen molar-refractivity contribution < 1.29 is 9.59 Å². The summed E-state index contributed by atoms with van der Waals surface area (Å²) in [4.78, 5) is 29.3. The zero-order chi connectivity index (χ0) is 22.3. The zero-order valence-electron chi connectivity index (χ0n) is 18.5. The van der Waals surface area contributed by atoms with Crippen LogP contribution in [0.25, 0.3) is 0 Å². The molecule has 0 radical (unpaired) electrons. The van der Waals surface area contributed by atoms with Crippen molar-refractivity contribution in [2.75, 3.05) is 36.4 Å². The van der Waals surface area contributed by atoms with E-state index in [2.05, 4.69) is 17.1 Å². The van der Waals surface area contributed by atoms with E-state index in [1.165, 1.54) is 5.56 Å². The van der Waals surface area contributed by atoms with Gasteiger partial charge in [-0.15, -0.1) is 0 Å². The Balaban J connectivity index is 1.29. The van der Waals surface area contributed by atoms with Gasteiger partial charge < -0.3 is 15.1 Å². The number of nitrogens with zero attached hydrogens (tertiary/aromatic N) is 2. The molecule has 2 amide bonds. The maximum Gasteiger partial charge on any atom is 0.253 e. The molecule has 1 saturated heterocycles. The molecule has 0 spiro atoms. The molecule has 3 aromatic carbocycles. The van der Waals surface area contributed by atoms with Gasteiger partial charge in [-0.2, -0.15) is 0 Å². The molecule has 0 unspecified atom stereocenters. The number of benzene rings is 3. The molecule has 1 N–H and O–H groups in total. The summed E-state index contributed by atoms with van der Waals surface area (Å²) in [5.41, 5.74) is 4.89. The molecule has 0 aromatic heterocycles. The van der Waals surface area contributed by atoms with Crippen LogP contribution in [0.3, 0.4) is 0 Å². The predicted octanol–water partition coefficient (Wildman–Crippen LogP) is 4.39. The molecule has 0 bridgehead atoms. The minimum absolute atomic E-state index is 0.0250. The van der Waals surface area contributed by atoms with Gasteiger partial charge in [-0.1, -0.05) is 49.4 Å². The van der Waals surface area contributed by atoms with E-state index in [0.29, 0.717) is 19.5 Å². The molecule has 1 aliphatic rings. The highest BCUT2D eigenvalue weighted by Gasteiger charge is 2.22. The third-order valence-corrected chi connectivity index (χ3v) is 5.90.